The van der Waals surface area contributed by atoms with Crippen LogP contribution in [0, 0.1) is 8.99 Å². The van der Waals surface area contributed by atoms with E-state index in [1.807, 2.05) is 24.3 Å². The first-order chi connectivity index (χ1) is 20.4. The molecule has 14 heteroatoms. The molecule has 0 spiro atoms. The summed E-state index contributed by atoms with van der Waals surface area (Å²) in [6.45, 7) is 5.18. The summed E-state index contributed by atoms with van der Waals surface area (Å²) >= 11 is 2.21. The highest BCUT2D eigenvalue weighted by molar-refractivity contribution is 14.1. The number of esters is 2. The van der Waals surface area contributed by atoms with Gasteiger partial charge in [0.2, 0.25) is 11.8 Å². The molecule has 236 valence electrons. The van der Waals surface area contributed by atoms with Crippen LogP contribution in [-0.2, 0) is 49.5 Å². The zero-order chi connectivity index (χ0) is 30.9. The molecule has 3 saturated heterocycles. The smallest absolute Gasteiger partial charge is 0.327 e. The highest BCUT2D eigenvalue weighted by Gasteiger charge is 2.74. The van der Waals surface area contributed by atoms with E-state index in [4.69, 9.17) is 23.8 Å². The van der Waals surface area contributed by atoms with Crippen LogP contribution in [0.25, 0.3) is 0 Å². The lowest BCUT2D eigenvalue weighted by Crippen LogP contribution is -2.69. The van der Waals surface area contributed by atoms with Crippen molar-refractivity contribution in [1.82, 2.24) is 15.7 Å². The molecule has 1 aromatic rings. The highest BCUT2D eigenvalue weighted by Crippen LogP contribution is 2.55. The molecule has 2 bridgehead atoms. The van der Waals surface area contributed by atoms with Crippen LogP contribution >= 0.6 is 22.6 Å². The van der Waals surface area contributed by atoms with E-state index in [1.165, 1.54) is 5.06 Å². The van der Waals surface area contributed by atoms with E-state index in [0.717, 1.165) is 9.13 Å². The molecule has 2 amide bonds. The van der Waals surface area contributed by atoms with Gasteiger partial charge in [-0.05, 0) is 61.4 Å². The molecule has 5 rings (SSSR count). The summed E-state index contributed by atoms with van der Waals surface area (Å²) in [5.74, 6) is -1.82. The number of halogens is 1. The molecule has 4 fully saturated rings. The van der Waals surface area contributed by atoms with E-state index >= 15 is 0 Å². The number of hydrogen-bond acceptors (Lipinski definition) is 11. The Bertz CT molecular complexity index is 1240. The van der Waals surface area contributed by atoms with E-state index < -0.39 is 71.3 Å². The molecule has 0 radical (unpaired) electrons. The topological polar surface area (TPSA) is 162 Å². The standard InChI is InChI=1S/C29H38IN3O10/c1-28(2,3)42-21(36)9-8-17(14-34)32-20(35)10-11-31-27(38)29-12-19-22-23(40-15-39-22)25(29)43-33(24(29)26(37)41-19)13-16-6-4-5-7-18(16)30/h4-7,17,19,22-25,34H,8-15H2,1-3H3,(H,31,38)(H,32,35)/t17-,19+,22-,23-,24-,25+,29-/m0/s1. The van der Waals surface area contributed by atoms with Gasteiger partial charge in [-0.3, -0.25) is 24.0 Å². The molecule has 0 unspecified atom stereocenters. The van der Waals surface area contributed by atoms with Gasteiger partial charge in [-0.15, -0.1) is 0 Å². The fraction of sp³-hybridized carbons (Fsp3) is 0.655. The largest absolute Gasteiger partial charge is 0.460 e. The number of rotatable bonds is 11. The van der Waals surface area contributed by atoms with Crippen molar-refractivity contribution in [2.45, 2.75) is 95.1 Å². The molecular formula is C29H38IN3O10. The Labute approximate surface area is 263 Å². The molecule has 4 aliphatic rings. The third kappa shape index (κ3) is 6.68. The van der Waals surface area contributed by atoms with E-state index in [-0.39, 0.29) is 52.2 Å². The number of nitrogens with one attached hydrogen (secondary N) is 2. The zero-order valence-corrected chi connectivity index (χ0v) is 26.5. The number of amides is 2. The maximum absolute atomic E-state index is 14.0. The van der Waals surface area contributed by atoms with Gasteiger partial charge in [0.05, 0.1) is 19.2 Å². The number of carbonyl (C=O) groups is 4. The van der Waals surface area contributed by atoms with Crippen LogP contribution in [0.15, 0.2) is 24.3 Å². The minimum absolute atomic E-state index is 0.00230. The zero-order valence-electron chi connectivity index (χ0n) is 24.4. The average molecular weight is 716 g/mol. The fourth-order valence-corrected chi connectivity index (χ4v) is 6.83. The van der Waals surface area contributed by atoms with Gasteiger partial charge in [-0.1, -0.05) is 18.2 Å². The summed E-state index contributed by atoms with van der Waals surface area (Å²) in [6, 6.07) is 6.03. The summed E-state index contributed by atoms with van der Waals surface area (Å²) in [7, 11) is 0. The number of fused-ring (bicyclic) bond motifs is 4. The van der Waals surface area contributed by atoms with Crippen LogP contribution in [-0.4, -0.2) is 96.0 Å². The Hall–Kier alpha value is -2.37. The molecule has 1 aromatic carbocycles. The monoisotopic (exact) mass is 715 g/mol. The molecule has 13 nitrogen and oxygen atoms in total. The van der Waals surface area contributed by atoms with Gasteiger partial charge in [-0.2, -0.15) is 5.06 Å². The second kappa shape index (κ2) is 12.9. The summed E-state index contributed by atoms with van der Waals surface area (Å²) < 4.78 is 23.6. The third-order valence-electron chi connectivity index (χ3n) is 8.12. The van der Waals surface area contributed by atoms with Crippen LogP contribution in [0.2, 0.25) is 0 Å². The van der Waals surface area contributed by atoms with Crippen molar-refractivity contribution in [3.8, 4) is 0 Å². The molecule has 7 atom stereocenters. The van der Waals surface area contributed by atoms with Gasteiger partial charge < -0.3 is 34.7 Å². The SMILES string of the molecule is CC(C)(C)OC(=O)CC[C@@H](CO)NC(=O)CCNC(=O)[C@@]12C[C@H]3OC(=O)[C@@H]1N(Cc1ccccc1I)O[C@@H]2[C@H]1OCO[C@H]13. The van der Waals surface area contributed by atoms with Gasteiger partial charge in [0, 0.05) is 29.4 Å². The Kier molecular flexibility index (Phi) is 9.63. The first-order valence-corrected chi connectivity index (χ1v) is 15.5. The number of hydrogen-bond donors (Lipinski definition) is 3. The fourth-order valence-electron chi connectivity index (χ4n) is 6.27. The molecule has 3 aliphatic heterocycles. The van der Waals surface area contributed by atoms with Gasteiger partial charge >= 0.3 is 11.9 Å². The lowest BCUT2D eigenvalue weighted by atomic mass is 9.62. The maximum atomic E-state index is 14.0. The lowest BCUT2D eigenvalue weighted by molar-refractivity contribution is -0.201. The van der Waals surface area contributed by atoms with Gasteiger partial charge in [-0.25, -0.2) is 0 Å². The van der Waals surface area contributed by atoms with Gasteiger partial charge in [0.15, 0.2) is 6.04 Å². The summed E-state index contributed by atoms with van der Waals surface area (Å²) in [5.41, 5.74) is -1.01. The third-order valence-corrected chi connectivity index (χ3v) is 9.17. The first-order valence-electron chi connectivity index (χ1n) is 14.4. The predicted octanol–water partition coefficient (Wildman–Crippen LogP) is 0.938. The minimum atomic E-state index is -1.31. The van der Waals surface area contributed by atoms with E-state index in [1.54, 1.807) is 20.8 Å². The highest BCUT2D eigenvalue weighted by atomic mass is 127. The summed E-state index contributed by atoms with van der Waals surface area (Å²) in [5, 5.41) is 16.8. The molecule has 1 aliphatic carbocycles. The van der Waals surface area contributed by atoms with Crippen LogP contribution < -0.4 is 10.6 Å². The van der Waals surface area contributed by atoms with E-state index in [9.17, 15) is 24.3 Å². The van der Waals surface area contributed by atoms with Crippen LogP contribution in [0.5, 0.6) is 0 Å². The Balaban J connectivity index is 1.24. The number of nitrogens with zero attached hydrogens (tertiary/aromatic N) is 1. The Morgan fingerprint density at radius 2 is 1.93 bits per heavy atom. The number of hydroxylamine groups is 2. The van der Waals surface area contributed by atoms with Crippen molar-refractivity contribution >= 4 is 46.3 Å². The second-order valence-corrected chi connectivity index (χ2v) is 13.4. The summed E-state index contributed by atoms with van der Waals surface area (Å²) in [6.07, 6.45) is -2.27. The van der Waals surface area contributed by atoms with Crippen molar-refractivity contribution in [2.75, 3.05) is 19.9 Å². The maximum Gasteiger partial charge on any atom is 0.327 e. The molecule has 3 N–H and O–H groups in total. The molecular weight excluding hydrogens is 677 g/mol. The number of benzene rings is 1. The van der Waals surface area contributed by atoms with E-state index in [2.05, 4.69) is 33.2 Å². The van der Waals surface area contributed by atoms with E-state index in [0.29, 0.717) is 0 Å². The molecule has 43 heavy (non-hydrogen) atoms. The van der Waals surface area contributed by atoms with Gasteiger partial charge in [0.1, 0.15) is 42.2 Å². The molecule has 1 saturated carbocycles. The quantitative estimate of drug-likeness (QED) is 0.221. The molecule has 3 heterocycles. The second-order valence-electron chi connectivity index (χ2n) is 12.3. The Morgan fingerprint density at radius 1 is 1.19 bits per heavy atom. The average Bonchev–Trinajstić information content (AvgIpc) is 3.56. The predicted molar refractivity (Wildman–Crippen MR) is 157 cm³/mol. The minimum Gasteiger partial charge on any atom is -0.460 e. The lowest BCUT2D eigenvalue weighted by Gasteiger charge is -2.48. The number of carbonyl (C=O) groups excluding carboxylic acids is 4. The van der Waals surface area contributed by atoms with Gasteiger partial charge in [0.25, 0.3) is 0 Å². The summed E-state index contributed by atoms with van der Waals surface area (Å²) in [4.78, 5) is 58.4. The van der Waals surface area contributed by atoms with Crippen molar-refractivity contribution < 1.29 is 48.1 Å². The van der Waals surface area contributed by atoms with Crippen LogP contribution in [0.3, 0.4) is 0 Å². The van der Waals surface area contributed by atoms with Crippen molar-refractivity contribution in [3.63, 3.8) is 0 Å². The van der Waals surface area contributed by atoms with Crippen molar-refractivity contribution in [3.05, 3.63) is 33.4 Å². The number of ether oxygens (including phenoxy) is 4. The van der Waals surface area contributed by atoms with Crippen molar-refractivity contribution in [2.24, 2.45) is 5.41 Å². The van der Waals surface area contributed by atoms with Crippen molar-refractivity contribution in [1.29, 1.82) is 0 Å². The number of aliphatic hydroxyl groups is 1. The number of aliphatic hydroxyl groups excluding tert-OH is 1. The Morgan fingerprint density at radius 3 is 2.65 bits per heavy atom. The van der Waals surface area contributed by atoms with Crippen LogP contribution in [0.1, 0.15) is 52.0 Å². The molecule has 0 aromatic heterocycles. The van der Waals surface area contributed by atoms with Crippen LogP contribution in [0.4, 0.5) is 0 Å². The first kappa shape index (κ1) is 32.0. The normalized spacial score (nSPS) is 30.3.